The molecule has 0 saturated heterocycles. The second-order valence-corrected chi connectivity index (χ2v) is 4.47. The first-order valence-electron chi connectivity index (χ1n) is 6.74. The number of ketones is 1. The van der Waals surface area contributed by atoms with Gasteiger partial charge in [-0.15, -0.1) is 0 Å². The lowest BCUT2D eigenvalue weighted by Crippen LogP contribution is -2.26. The number of carbonyl (C=O) groups excluding carboxylic acids is 2. The van der Waals surface area contributed by atoms with Gasteiger partial charge < -0.3 is 4.74 Å². The van der Waals surface area contributed by atoms with Gasteiger partial charge in [-0.25, -0.2) is 4.98 Å². The van der Waals surface area contributed by atoms with E-state index in [4.69, 9.17) is 4.74 Å². The fraction of sp³-hybridized carbons (Fsp3) is 0.312. The summed E-state index contributed by atoms with van der Waals surface area (Å²) in [5.41, 5.74) is 1.06. The molecule has 4 nitrogen and oxygen atoms in total. The van der Waals surface area contributed by atoms with E-state index in [1.54, 1.807) is 19.9 Å². The van der Waals surface area contributed by atoms with Gasteiger partial charge in [-0.05, 0) is 25.5 Å². The highest BCUT2D eigenvalue weighted by Crippen LogP contribution is 2.17. The number of hydrogen-bond donors (Lipinski definition) is 0. The molecule has 0 aliphatic heterocycles. The van der Waals surface area contributed by atoms with E-state index in [0.717, 1.165) is 10.9 Å². The number of para-hydroxylation sites is 1. The second kappa shape index (κ2) is 6.28. The molecular weight excluding hydrogens is 254 g/mol. The third kappa shape index (κ3) is 2.85. The summed E-state index contributed by atoms with van der Waals surface area (Å²) in [6, 6.07) is 11.1. The highest BCUT2D eigenvalue weighted by atomic mass is 16.5. The summed E-state index contributed by atoms with van der Waals surface area (Å²) in [7, 11) is 0. The van der Waals surface area contributed by atoms with Crippen LogP contribution in [0, 0.1) is 5.92 Å². The lowest BCUT2D eigenvalue weighted by Gasteiger charge is -2.12. The molecule has 1 aromatic heterocycles. The number of aromatic nitrogens is 1. The van der Waals surface area contributed by atoms with Gasteiger partial charge in [-0.1, -0.05) is 31.2 Å². The second-order valence-electron chi connectivity index (χ2n) is 4.47. The molecule has 2 aromatic rings. The average Bonchev–Trinajstić information content (AvgIpc) is 2.47. The van der Waals surface area contributed by atoms with Gasteiger partial charge in [0.05, 0.1) is 12.1 Å². The van der Waals surface area contributed by atoms with Crippen LogP contribution in [0.3, 0.4) is 0 Å². The number of pyridine rings is 1. The van der Waals surface area contributed by atoms with Crippen LogP contribution in [0.4, 0.5) is 0 Å². The maximum Gasteiger partial charge on any atom is 0.316 e. The summed E-state index contributed by atoms with van der Waals surface area (Å²) in [4.78, 5) is 28.5. The highest BCUT2D eigenvalue weighted by molar-refractivity contribution is 6.08. The molecule has 1 unspecified atom stereocenters. The lowest BCUT2D eigenvalue weighted by atomic mass is 9.98. The van der Waals surface area contributed by atoms with Crippen molar-refractivity contribution >= 4 is 22.7 Å². The largest absolute Gasteiger partial charge is 0.465 e. The molecule has 0 radical (unpaired) electrons. The Kier molecular flexibility index (Phi) is 4.45. The van der Waals surface area contributed by atoms with Gasteiger partial charge in [0.25, 0.3) is 0 Å². The van der Waals surface area contributed by atoms with E-state index in [0.29, 0.717) is 12.1 Å². The molecular formula is C16H17NO3. The van der Waals surface area contributed by atoms with Crippen LogP contribution in [0.2, 0.25) is 0 Å². The predicted molar refractivity (Wildman–Crippen MR) is 76.5 cm³/mol. The molecule has 0 N–H and O–H groups in total. The normalized spacial score (nSPS) is 12.1. The van der Waals surface area contributed by atoms with E-state index >= 15 is 0 Å². The summed E-state index contributed by atoms with van der Waals surface area (Å²) in [6.45, 7) is 3.79. The first-order chi connectivity index (χ1) is 9.67. The quantitative estimate of drug-likeness (QED) is 0.476. The Morgan fingerprint density at radius 1 is 1.15 bits per heavy atom. The Hall–Kier alpha value is -2.23. The first kappa shape index (κ1) is 14.2. The predicted octanol–water partition coefficient (Wildman–Crippen LogP) is 3.01. The summed E-state index contributed by atoms with van der Waals surface area (Å²) < 4.78 is 4.94. The van der Waals surface area contributed by atoms with E-state index in [2.05, 4.69) is 4.98 Å². The van der Waals surface area contributed by atoms with Gasteiger partial charge in [-0.3, -0.25) is 9.59 Å². The minimum Gasteiger partial charge on any atom is -0.465 e. The van der Waals surface area contributed by atoms with Crippen molar-refractivity contribution in [2.24, 2.45) is 5.92 Å². The van der Waals surface area contributed by atoms with Crippen molar-refractivity contribution in [3.63, 3.8) is 0 Å². The van der Waals surface area contributed by atoms with Crippen LogP contribution in [0.1, 0.15) is 30.8 Å². The van der Waals surface area contributed by atoms with Crippen molar-refractivity contribution in [1.29, 1.82) is 0 Å². The SMILES string of the molecule is CCOC(=O)C(CC)C(=O)c1ccc2ccccc2n1. The Labute approximate surface area is 117 Å². The molecule has 0 saturated carbocycles. The number of carbonyl (C=O) groups is 2. The van der Waals surface area contributed by atoms with Crippen molar-refractivity contribution < 1.29 is 14.3 Å². The van der Waals surface area contributed by atoms with E-state index in [1.807, 2.05) is 30.3 Å². The highest BCUT2D eigenvalue weighted by Gasteiger charge is 2.28. The van der Waals surface area contributed by atoms with Gasteiger partial charge in [0, 0.05) is 5.39 Å². The first-order valence-corrected chi connectivity index (χ1v) is 6.74. The average molecular weight is 271 g/mol. The van der Waals surface area contributed by atoms with E-state index < -0.39 is 11.9 Å². The fourth-order valence-corrected chi connectivity index (χ4v) is 2.08. The van der Waals surface area contributed by atoms with Crippen LogP contribution >= 0.6 is 0 Å². The summed E-state index contributed by atoms with van der Waals surface area (Å²) in [5.74, 6) is -1.53. The summed E-state index contributed by atoms with van der Waals surface area (Å²) in [5, 5.41) is 0.966. The van der Waals surface area contributed by atoms with Gasteiger partial charge in [0.15, 0.2) is 5.78 Å². The van der Waals surface area contributed by atoms with Crippen LogP contribution in [-0.2, 0) is 9.53 Å². The standard InChI is InChI=1S/C16H17NO3/c1-3-12(16(19)20-4-2)15(18)14-10-9-11-7-5-6-8-13(11)17-14/h5-10,12H,3-4H2,1-2H3. The minimum atomic E-state index is -0.774. The van der Waals surface area contributed by atoms with Crippen molar-refractivity contribution in [3.05, 3.63) is 42.1 Å². The smallest absolute Gasteiger partial charge is 0.316 e. The molecule has 0 spiro atoms. The number of esters is 1. The number of fused-ring (bicyclic) bond motifs is 1. The number of benzene rings is 1. The minimum absolute atomic E-state index is 0.272. The van der Waals surface area contributed by atoms with E-state index in [9.17, 15) is 9.59 Å². The summed E-state index contributed by atoms with van der Waals surface area (Å²) >= 11 is 0. The molecule has 0 fully saturated rings. The molecule has 0 aliphatic carbocycles. The number of hydrogen-bond acceptors (Lipinski definition) is 4. The van der Waals surface area contributed by atoms with Crippen molar-refractivity contribution in [2.75, 3.05) is 6.61 Å². The van der Waals surface area contributed by atoms with Crippen LogP contribution in [0.25, 0.3) is 10.9 Å². The topological polar surface area (TPSA) is 56.3 Å². The molecule has 104 valence electrons. The van der Waals surface area contributed by atoms with Gasteiger partial charge in [-0.2, -0.15) is 0 Å². The van der Waals surface area contributed by atoms with Crippen molar-refractivity contribution in [3.8, 4) is 0 Å². The van der Waals surface area contributed by atoms with Gasteiger partial charge >= 0.3 is 5.97 Å². The molecule has 20 heavy (non-hydrogen) atoms. The van der Waals surface area contributed by atoms with Crippen LogP contribution in [0.5, 0.6) is 0 Å². The molecule has 1 atom stereocenters. The maximum absolute atomic E-state index is 12.4. The third-order valence-corrected chi connectivity index (χ3v) is 3.15. The van der Waals surface area contributed by atoms with Crippen LogP contribution < -0.4 is 0 Å². The Morgan fingerprint density at radius 2 is 1.90 bits per heavy atom. The van der Waals surface area contributed by atoms with Crippen molar-refractivity contribution in [1.82, 2.24) is 4.98 Å². The maximum atomic E-state index is 12.4. The zero-order valence-electron chi connectivity index (χ0n) is 11.6. The number of ether oxygens (including phenoxy) is 1. The van der Waals surface area contributed by atoms with E-state index in [1.165, 1.54) is 0 Å². The number of Topliss-reactive ketones (excluding diaryl/α,β-unsaturated/α-hetero) is 1. The molecule has 1 aromatic carbocycles. The monoisotopic (exact) mass is 271 g/mol. The zero-order valence-corrected chi connectivity index (χ0v) is 11.6. The van der Waals surface area contributed by atoms with E-state index in [-0.39, 0.29) is 12.4 Å². The number of rotatable bonds is 5. The fourth-order valence-electron chi connectivity index (χ4n) is 2.08. The molecule has 4 heteroatoms. The molecule has 0 bridgehead atoms. The summed E-state index contributed by atoms with van der Waals surface area (Å²) in [6.07, 6.45) is 0.409. The lowest BCUT2D eigenvalue weighted by molar-refractivity contribution is -0.146. The van der Waals surface area contributed by atoms with Gasteiger partial charge in [0.2, 0.25) is 0 Å². The zero-order chi connectivity index (χ0) is 14.5. The molecule has 2 rings (SSSR count). The Morgan fingerprint density at radius 3 is 2.60 bits per heavy atom. The van der Waals surface area contributed by atoms with Crippen LogP contribution in [0.15, 0.2) is 36.4 Å². The Balaban J connectivity index is 2.31. The molecule has 0 aliphatic rings. The van der Waals surface area contributed by atoms with Crippen molar-refractivity contribution in [2.45, 2.75) is 20.3 Å². The van der Waals surface area contributed by atoms with Gasteiger partial charge in [0.1, 0.15) is 11.6 Å². The third-order valence-electron chi connectivity index (χ3n) is 3.15. The number of nitrogens with zero attached hydrogens (tertiary/aromatic N) is 1. The Bertz CT molecular complexity index is 636. The molecule has 0 amide bonds. The molecule has 1 heterocycles. The van der Waals surface area contributed by atoms with Crippen LogP contribution in [-0.4, -0.2) is 23.3 Å².